The molecule has 1 spiro atoms. The number of aliphatic hydroxyl groups is 1. The lowest BCUT2D eigenvalue weighted by molar-refractivity contribution is -0.158. The molecule has 30 heavy (non-hydrogen) atoms. The molecule has 2 N–H and O–H groups in total. The van der Waals surface area contributed by atoms with E-state index in [-0.39, 0.29) is 18.4 Å². The normalized spacial score (nSPS) is 35.4. The van der Waals surface area contributed by atoms with Gasteiger partial charge in [0.05, 0.1) is 30.1 Å². The Bertz CT molecular complexity index is 722. The summed E-state index contributed by atoms with van der Waals surface area (Å²) < 4.78 is 6.35. The third kappa shape index (κ3) is 3.15. The number of aliphatic hydroxyl groups excluding tert-OH is 1. The van der Waals surface area contributed by atoms with Gasteiger partial charge in [-0.2, -0.15) is 0 Å². The lowest BCUT2D eigenvalue weighted by Gasteiger charge is -2.39. The Morgan fingerprint density at radius 1 is 1.40 bits per heavy atom. The highest BCUT2D eigenvalue weighted by atomic mass is 16.5. The summed E-state index contributed by atoms with van der Waals surface area (Å²) in [4.78, 5) is 42.7. The first-order chi connectivity index (χ1) is 14.2. The van der Waals surface area contributed by atoms with Gasteiger partial charge in [-0.1, -0.05) is 26.3 Å². The fourth-order valence-electron chi connectivity index (χ4n) is 5.80. The number of carbonyl (C=O) groups is 3. The molecule has 8 nitrogen and oxygen atoms in total. The molecule has 0 aromatic heterocycles. The smallest absolute Gasteiger partial charge is 0.310 e. The molecule has 6 atom stereocenters. The average molecular weight is 423 g/mol. The number of aliphatic carboxylic acids is 1. The van der Waals surface area contributed by atoms with Crippen molar-refractivity contribution in [2.45, 2.75) is 76.2 Å². The zero-order valence-electron chi connectivity index (χ0n) is 18.2. The number of carbonyl (C=O) groups excluding carboxylic acids is 2. The van der Waals surface area contributed by atoms with Gasteiger partial charge in [0.1, 0.15) is 11.6 Å². The highest BCUT2D eigenvalue weighted by Crippen LogP contribution is 2.63. The summed E-state index contributed by atoms with van der Waals surface area (Å²) in [5, 5.41) is 19.9. The van der Waals surface area contributed by atoms with Crippen LogP contribution in [0.5, 0.6) is 0 Å². The van der Waals surface area contributed by atoms with Gasteiger partial charge in [0.25, 0.3) is 0 Å². The number of nitrogens with zero attached hydrogens (tertiary/aromatic N) is 2. The van der Waals surface area contributed by atoms with Crippen molar-refractivity contribution in [3.63, 3.8) is 0 Å². The molecule has 3 aliphatic rings. The Morgan fingerprint density at radius 3 is 2.63 bits per heavy atom. The zero-order valence-corrected chi connectivity index (χ0v) is 18.2. The van der Waals surface area contributed by atoms with Crippen molar-refractivity contribution in [2.75, 3.05) is 19.7 Å². The molecule has 3 fully saturated rings. The van der Waals surface area contributed by atoms with E-state index in [1.54, 1.807) is 17.9 Å². The van der Waals surface area contributed by atoms with Gasteiger partial charge < -0.3 is 24.7 Å². The Balaban J connectivity index is 2.09. The number of likely N-dealkylation sites (tertiary alicyclic amines) is 1. The van der Waals surface area contributed by atoms with E-state index in [4.69, 9.17) is 4.74 Å². The van der Waals surface area contributed by atoms with Crippen LogP contribution in [0, 0.1) is 11.8 Å². The summed E-state index contributed by atoms with van der Waals surface area (Å²) in [6.07, 6.45) is 4.77. The summed E-state index contributed by atoms with van der Waals surface area (Å²) in [6.45, 7) is 9.94. The average Bonchev–Trinajstić information content (AvgIpc) is 3.27. The number of ether oxygens (including phenoxy) is 1. The molecule has 3 heterocycles. The van der Waals surface area contributed by atoms with Crippen molar-refractivity contribution >= 4 is 17.8 Å². The quantitative estimate of drug-likeness (QED) is 0.516. The van der Waals surface area contributed by atoms with E-state index in [0.717, 1.165) is 12.8 Å². The predicted octanol–water partition coefficient (Wildman–Crippen LogP) is 1.42. The number of hydrogen-bond acceptors (Lipinski definition) is 5. The van der Waals surface area contributed by atoms with Gasteiger partial charge in [0.15, 0.2) is 0 Å². The summed E-state index contributed by atoms with van der Waals surface area (Å²) in [5.41, 5.74) is -2.13. The van der Waals surface area contributed by atoms with E-state index in [1.807, 2.05) is 13.8 Å². The molecular formula is C22H34N2O6. The molecule has 0 radical (unpaired) electrons. The zero-order chi connectivity index (χ0) is 22.3. The maximum absolute atomic E-state index is 13.8. The second kappa shape index (κ2) is 8.30. The van der Waals surface area contributed by atoms with Gasteiger partial charge >= 0.3 is 5.97 Å². The third-order valence-electron chi connectivity index (χ3n) is 7.23. The SMILES string of the molecule is C=CCN(CCCC)C(=O)C1N([C@@H](CC)CO)C(=O)[C@@H]2[C@H](C(=O)O)[C@]3(C)CCC12O3. The highest BCUT2D eigenvalue weighted by molar-refractivity contribution is 5.98. The van der Waals surface area contributed by atoms with Crippen LogP contribution < -0.4 is 0 Å². The molecule has 3 aliphatic heterocycles. The molecule has 0 aromatic rings. The molecule has 2 amide bonds. The molecule has 0 aromatic carbocycles. The number of rotatable bonds is 10. The van der Waals surface area contributed by atoms with Gasteiger partial charge in [-0.3, -0.25) is 14.4 Å². The highest BCUT2D eigenvalue weighted by Gasteiger charge is 2.78. The second-order valence-electron chi connectivity index (χ2n) is 8.98. The van der Waals surface area contributed by atoms with Crippen LogP contribution in [0.2, 0.25) is 0 Å². The predicted molar refractivity (Wildman–Crippen MR) is 110 cm³/mol. The van der Waals surface area contributed by atoms with Gasteiger partial charge in [0, 0.05) is 13.1 Å². The van der Waals surface area contributed by atoms with E-state index in [9.17, 15) is 24.6 Å². The Kier molecular flexibility index (Phi) is 6.30. The third-order valence-corrected chi connectivity index (χ3v) is 7.23. The van der Waals surface area contributed by atoms with E-state index in [0.29, 0.717) is 32.4 Å². The monoisotopic (exact) mass is 422 g/mol. The molecule has 3 saturated heterocycles. The minimum Gasteiger partial charge on any atom is -0.481 e. The van der Waals surface area contributed by atoms with Crippen LogP contribution >= 0.6 is 0 Å². The lowest BCUT2D eigenvalue weighted by Crippen LogP contribution is -2.58. The minimum absolute atomic E-state index is 0.249. The van der Waals surface area contributed by atoms with Crippen molar-refractivity contribution < 1.29 is 29.3 Å². The van der Waals surface area contributed by atoms with Crippen LogP contribution in [0.3, 0.4) is 0 Å². The van der Waals surface area contributed by atoms with Gasteiger partial charge in [-0.05, 0) is 32.6 Å². The summed E-state index contributed by atoms with van der Waals surface area (Å²) >= 11 is 0. The largest absolute Gasteiger partial charge is 0.481 e. The summed E-state index contributed by atoms with van der Waals surface area (Å²) in [7, 11) is 0. The van der Waals surface area contributed by atoms with Crippen LogP contribution in [0.15, 0.2) is 12.7 Å². The van der Waals surface area contributed by atoms with Gasteiger partial charge in [-0.25, -0.2) is 0 Å². The Hall–Kier alpha value is -1.93. The van der Waals surface area contributed by atoms with Crippen LogP contribution in [0.25, 0.3) is 0 Å². The topological polar surface area (TPSA) is 107 Å². The number of hydrogen-bond donors (Lipinski definition) is 2. The van der Waals surface area contributed by atoms with Gasteiger partial charge in [-0.15, -0.1) is 6.58 Å². The molecule has 2 bridgehead atoms. The fourth-order valence-corrected chi connectivity index (χ4v) is 5.80. The number of carboxylic acids is 1. The van der Waals surface area contributed by atoms with E-state index in [1.165, 1.54) is 4.90 Å². The van der Waals surface area contributed by atoms with Crippen LogP contribution in [0.4, 0.5) is 0 Å². The lowest BCUT2D eigenvalue weighted by atomic mass is 9.66. The Labute approximate surface area is 177 Å². The van der Waals surface area contributed by atoms with Crippen molar-refractivity contribution in [1.29, 1.82) is 0 Å². The van der Waals surface area contributed by atoms with Crippen molar-refractivity contribution in [1.82, 2.24) is 9.80 Å². The molecule has 0 aliphatic carbocycles. The first-order valence-electron chi connectivity index (χ1n) is 11.0. The summed E-state index contributed by atoms with van der Waals surface area (Å²) in [5.74, 6) is -3.63. The van der Waals surface area contributed by atoms with E-state index >= 15 is 0 Å². The number of unbranched alkanes of at least 4 members (excludes halogenated alkanes) is 1. The Morgan fingerprint density at radius 2 is 2.10 bits per heavy atom. The van der Waals surface area contributed by atoms with Crippen molar-refractivity contribution in [2.24, 2.45) is 11.8 Å². The van der Waals surface area contributed by atoms with Crippen molar-refractivity contribution in [3.05, 3.63) is 12.7 Å². The van der Waals surface area contributed by atoms with E-state index < -0.39 is 41.1 Å². The van der Waals surface area contributed by atoms with E-state index in [2.05, 4.69) is 6.58 Å². The molecule has 3 rings (SSSR count). The number of fused-ring (bicyclic) bond motifs is 1. The minimum atomic E-state index is -1.17. The number of amides is 2. The fraction of sp³-hybridized carbons (Fsp3) is 0.773. The van der Waals surface area contributed by atoms with Crippen LogP contribution in [-0.2, 0) is 19.1 Å². The van der Waals surface area contributed by atoms with Crippen molar-refractivity contribution in [3.8, 4) is 0 Å². The maximum atomic E-state index is 13.8. The molecular weight excluding hydrogens is 388 g/mol. The van der Waals surface area contributed by atoms with Crippen LogP contribution in [-0.4, -0.2) is 80.8 Å². The first-order valence-corrected chi connectivity index (χ1v) is 11.0. The number of carboxylic acid groups (broad SMARTS) is 1. The second-order valence-corrected chi connectivity index (χ2v) is 8.98. The molecule has 8 heteroatoms. The summed E-state index contributed by atoms with van der Waals surface area (Å²) in [6, 6.07) is -1.50. The molecule has 2 unspecified atom stereocenters. The van der Waals surface area contributed by atoms with Gasteiger partial charge in [0.2, 0.25) is 11.8 Å². The van der Waals surface area contributed by atoms with Crippen LogP contribution in [0.1, 0.15) is 52.9 Å². The maximum Gasteiger partial charge on any atom is 0.310 e. The molecule has 0 saturated carbocycles. The molecule has 168 valence electrons. The first kappa shape index (κ1) is 22.7. The standard InChI is InChI=1S/C22H34N2O6/c1-5-8-12-23(11-6-2)19(27)17-22-10-9-21(4,30-22)16(20(28)29)15(22)18(26)24(17)14(7-3)13-25/h6,14-17,25H,2,5,7-13H2,1,3-4H3,(H,28,29)/t14-,15-,16+,17?,21-,22?/m0/s1.